The van der Waals surface area contributed by atoms with Gasteiger partial charge in [0, 0.05) is 23.9 Å². The van der Waals surface area contributed by atoms with E-state index in [2.05, 4.69) is 15.3 Å². The molecule has 0 spiro atoms. The zero-order valence-electron chi connectivity index (χ0n) is 20.1. The SMILES string of the molecule is Cc1cn(-c2ccc(-c3cccc(S(C)(=O)=O)c3)cc2-n2nncc2Cc2ccc(Cl)cc2)c(C)n1. The summed E-state index contributed by atoms with van der Waals surface area (Å²) in [7, 11) is -3.33. The minimum absolute atomic E-state index is 0.274. The molecule has 0 aliphatic carbocycles. The second-order valence-electron chi connectivity index (χ2n) is 8.74. The van der Waals surface area contributed by atoms with E-state index >= 15 is 0 Å². The molecular formula is C27H24ClN5O2S. The van der Waals surface area contributed by atoms with Gasteiger partial charge >= 0.3 is 0 Å². The Kier molecular flexibility index (Phi) is 6.24. The minimum Gasteiger partial charge on any atom is -0.302 e. The number of hydrogen-bond acceptors (Lipinski definition) is 5. The summed E-state index contributed by atoms with van der Waals surface area (Å²) in [5.41, 5.74) is 6.23. The molecule has 0 fully saturated rings. The number of sulfone groups is 1. The number of benzene rings is 3. The maximum Gasteiger partial charge on any atom is 0.175 e. The molecule has 3 aromatic carbocycles. The lowest BCUT2D eigenvalue weighted by Gasteiger charge is -2.16. The van der Waals surface area contributed by atoms with Crippen molar-refractivity contribution >= 4 is 21.4 Å². The maximum absolute atomic E-state index is 12.1. The maximum atomic E-state index is 12.1. The average Bonchev–Trinajstić information content (AvgIpc) is 3.45. The highest BCUT2D eigenvalue weighted by Gasteiger charge is 2.17. The zero-order chi connectivity index (χ0) is 25.4. The highest BCUT2D eigenvalue weighted by Crippen LogP contribution is 2.30. The van der Waals surface area contributed by atoms with Crippen LogP contribution in [0.2, 0.25) is 5.02 Å². The standard InChI is InChI=1S/C27H24ClN5O2S/c1-18-17-32(19(2)30-18)26-12-9-22(21-5-4-6-25(14-21)36(3,34)35)15-27(26)33-24(16-29-31-33)13-20-7-10-23(28)11-8-20/h4-12,14-17H,13H2,1-3H3. The summed E-state index contributed by atoms with van der Waals surface area (Å²) in [4.78, 5) is 4.84. The topological polar surface area (TPSA) is 82.7 Å². The van der Waals surface area contributed by atoms with Gasteiger partial charge in [0.1, 0.15) is 5.82 Å². The van der Waals surface area contributed by atoms with E-state index in [4.69, 9.17) is 11.6 Å². The Morgan fingerprint density at radius 1 is 0.917 bits per heavy atom. The average molecular weight is 518 g/mol. The lowest BCUT2D eigenvalue weighted by atomic mass is 10.0. The van der Waals surface area contributed by atoms with Gasteiger partial charge in [0.2, 0.25) is 0 Å². The van der Waals surface area contributed by atoms with Gasteiger partial charge in [-0.25, -0.2) is 18.1 Å². The number of aryl methyl sites for hydroxylation is 2. The fraction of sp³-hybridized carbons (Fsp3) is 0.148. The summed E-state index contributed by atoms with van der Waals surface area (Å²) < 4.78 is 28.1. The third kappa shape index (κ3) is 4.82. The van der Waals surface area contributed by atoms with Crippen molar-refractivity contribution in [1.82, 2.24) is 24.5 Å². The Morgan fingerprint density at radius 3 is 2.36 bits per heavy atom. The van der Waals surface area contributed by atoms with E-state index in [0.717, 1.165) is 45.3 Å². The van der Waals surface area contributed by atoms with Crippen LogP contribution in [0.25, 0.3) is 22.5 Å². The lowest BCUT2D eigenvalue weighted by molar-refractivity contribution is 0.602. The smallest absolute Gasteiger partial charge is 0.175 e. The van der Waals surface area contributed by atoms with E-state index in [0.29, 0.717) is 11.4 Å². The number of halogens is 1. The van der Waals surface area contributed by atoms with Gasteiger partial charge in [-0.15, -0.1) is 5.10 Å². The molecule has 0 radical (unpaired) electrons. The predicted molar refractivity (Wildman–Crippen MR) is 141 cm³/mol. The van der Waals surface area contributed by atoms with Crippen LogP contribution in [0.5, 0.6) is 0 Å². The van der Waals surface area contributed by atoms with Gasteiger partial charge in [0.15, 0.2) is 9.84 Å². The molecule has 7 nitrogen and oxygen atoms in total. The Morgan fingerprint density at radius 2 is 1.67 bits per heavy atom. The van der Waals surface area contributed by atoms with Crippen molar-refractivity contribution < 1.29 is 8.42 Å². The van der Waals surface area contributed by atoms with Crippen LogP contribution in [0.3, 0.4) is 0 Å². The van der Waals surface area contributed by atoms with Crippen LogP contribution in [-0.4, -0.2) is 39.2 Å². The Labute approximate surface area is 214 Å². The fourth-order valence-electron chi connectivity index (χ4n) is 4.24. The fourth-order valence-corrected chi connectivity index (χ4v) is 5.03. The Balaban J connectivity index is 1.67. The van der Waals surface area contributed by atoms with Crippen LogP contribution in [-0.2, 0) is 16.3 Å². The molecule has 0 saturated carbocycles. The molecule has 0 atom stereocenters. The van der Waals surface area contributed by atoms with Crippen LogP contribution in [0.15, 0.2) is 84.0 Å². The summed E-state index contributed by atoms with van der Waals surface area (Å²) in [5.74, 6) is 0.847. The molecule has 36 heavy (non-hydrogen) atoms. The molecule has 5 rings (SSSR count). The van der Waals surface area contributed by atoms with Gasteiger partial charge in [0.05, 0.1) is 33.9 Å². The first kappa shape index (κ1) is 24.0. The van der Waals surface area contributed by atoms with E-state index in [9.17, 15) is 8.42 Å². The highest BCUT2D eigenvalue weighted by atomic mass is 35.5. The van der Waals surface area contributed by atoms with Crippen molar-refractivity contribution in [3.63, 3.8) is 0 Å². The third-order valence-electron chi connectivity index (χ3n) is 5.98. The van der Waals surface area contributed by atoms with E-state index < -0.39 is 9.84 Å². The molecule has 0 bridgehead atoms. The molecule has 0 aliphatic rings. The third-order valence-corrected chi connectivity index (χ3v) is 7.34. The van der Waals surface area contributed by atoms with Gasteiger partial charge < -0.3 is 4.57 Å². The van der Waals surface area contributed by atoms with Crippen molar-refractivity contribution in [2.45, 2.75) is 25.2 Å². The number of rotatable bonds is 6. The minimum atomic E-state index is -3.33. The zero-order valence-corrected chi connectivity index (χ0v) is 21.6. The molecule has 182 valence electrons. The van der Waals surface area contributed by atoms with E-state index in [1.165, 1.54) is 6.26 Å². The summed E-state index contributed by atoms with van der Waals surface area (Å²) in [6.07, 6.45) is 5.55. The first-order chi connectivity index (χ1) is 17.2. The Bertz CT molecular complexity index is 1670. The highest BCUT2D eigenvalue weighted by molar-refractivity contribution is 7.90. The van der Waals surface area contributed by atoms with E-state index in [-0.39, 0.29) is 4.90 Å². The van der Waals surface area contributed by atoms with Gasteiger partial charge in [-0.3, -0.25) is 0 Å². The molecule has 2 heterocycles. The van der Waals surface area contributed by atoms with Crippen LogP contribution in [0.4, 0.5) is 0 Å². The monoisotopic (exact) mass is 517 g/mol. The molecule has 2 aromatic heterocycles. The molecular weight excluding hydrogens is 494 g/mol. The van der Waals surface area contributed by atoms with Crippen LogP contribution >= 0.6 is 11.6 Å². The summed E-state index contributed by atoms with van der Waals surface area (Å²) in [6.45, 7) is 3.91. The largest absolute Gasteiger partial charge is 0.302 e. The van der Waals surface area contributed by atoms with Crippen molar-refractivity contribution in [2.75, 3.05) is 6.26 Å². The van der Waals surface area contributed by atoms with Crippen molar-refractivity contribution in [3.8, 4) is 22.5 Å². The van der Waals surface area contributed by atoms with Gasteiger partial charge in [0.25, 0.3) is 0 Å². The molecule has 0 amide bonds. The van der Waals surface area contributed by atoms with Crippen LogP contribution in [0, 0.1) is 13.8 Å². The Hall–Kier alpha value is -3.75. The molecule has 0 aliphatic heterocycles. The number of imidazole rings is 1. The van der Waals surface area contributed by atoms with E-state index in [1.807, 2.05) is 77.8 Å². The lowest BCUT2D eigenvalue weighted by Crippen LogP contribution is -2.09. The predicted octanol–water partition coefficient (Wildman–Crippen LogP) is 5.38. The number of aromatic nitrogens is 5. The first-order valence-corrected chi connectivity index (χ1v) is 13.6. The summed E-state index contributed by atoms with van der Waals surface area (Å²) >= 11 is 6.06. The van der Waals surface area contributed by atoms with Crippen molar-refractivity contribution in [1.29, 1.82) is 0 Å². The van der Waals surface area contributed by atoms with Crippen molar-refractivity contribution in [2.24, 2.45) is 0 Å². The second-order valence-corrected chi connectivity index (χ2v) is 11.2. The molecule has 5 aromatic rings. The summed E-state index contributed by atoms with van der Waals surface area (Å²) in [6, 6.07) is 20.6. The van der Waals surface area contributed by atoms with Crippen LogP contribution < -0.4 is 0 Å². The van der Waals surface area contributed by atoms with E-state index in [1.54, 1.807) is 24.4 Å². The molecule has 0 unspecified atom stereocenters. The second kappa shape index (κ2) is 9.37. The van der Waals surface area contributed by atoms with Gasteiger partial charge in [-0.1, -0.05) is 47.1 Å². The number of hydrogen-bond donors (Lipinski definition) is 0. The quantitative estimate of drug-likeness (QED) is 0.302. The van der Waals surface area contributed by atoms with Gasteiger partial charge in [-0.2, -0.15) is 0 Å². The molecule has 9 heteroatoms. The van der Waals surface area contributed by atoms with Crippen LogP contribution in [0.1, 0.15) is 22.8 Å². The first-order valence-electron chi connectivity index (χ1n) is 11.3. The van der Waals surface area contributed by atoms with Crippen molar-refractivity contribution in [3.05, 3.63) is 107 Å². The normalized spacial score (nSPS) is 11.7. The summed E-state index contributed by atoms with van der Waals surface area (Å²) in [5, 5.41) is 9.31. The molecule has 0 N–H and O–H groups in total. The van der Waals surface area contributed by atoms with Gasteiger partial charge in [-0.05, 0) is 66.9 Å². The molecule has 0 saturated heterocycles. The number of nitrogens with zero attached hydrogens (tertiary/aromatic N) is 5.